The van der Waals surface area contributed by atoms with E-state index < -0.39 is 0 Å². The van der Waals surface area contributed by atoms with Gasteiger partial charge in [-0.3, -0.25) is 9.48 Å². The smallest absolute Gasteiger partial charge is 0.224 e. The maximum Gasteiger partial charge on any atom is 0.224 e. The normalized spacial score (nSPS) is 10.8. The number of carbonyl (C=O) groups excluding carboxylic acids is 1. The van der Waals surface area contributed by atoms with E-state index in [1.807, 2.05) is 31.3 Å². The largest absolute Gasteiger partial charge is 0.326 e. The van der Waals surface area contributed by atoms with Gasteiger partial charge in [0.25, 0.3) is 0 Å². The van der Waals surface area contributed by atoms with Crippen LogP contribution in [0.3, 0.4) is 0 Å². The monoisotopic (exact) mass is 286 g/mol. The predicted octanol–water partition coefficient (Wildman–Crippen LogP) is 2.60. The third-order valence-electron chi connectivity index (χ3n) is 3.14. The number of rotatable bonds is 4. The molecule has 3 rings (SSSR count). The summed E-state index contributed by atoms with van der Waals surface area (Å²) in [6.07, 6.45) is 2.86. The molecule has 1 N–H and O–H groups in total. The number of nitrogens with one attached hydrogen (secondary N) is 1. The fraction of sp³-hybridized carbons (Fsp3) is 0.214. The number of aromatic nitrogens is 3. The topological polar surface area (TPSA) is 59.8 Å². The van der Waals surface area contributed by atoms with Crippen molar-refractivity contribution in [3.8, 4) is 0 Å². The minimum Gasteiger partial charge on any atom is -0.326 e. The summed E-state index contributed by atoms with van der Waals surface area (Å²) >= 11 is 1.59. The fourth-order valence-electron chi connectivity index (χ4n) is 2.05. The molecule has 3 aromatic rings. The Balaban J connectivity index is 1.62. The number of hydrogen-bond donors (Lipinski definition) is 1. The predicted molar refractivity (Wildman–Crippen MR) is 79.8 cm³/mol. The Kier molecular flexibility index (Phi) is 3.47. The molecular weight excluding hydrogens is 272 g/mol. The minimum atomic E-state index is 0.000722. The average molecular weight is 286 g/mol. The fourth-order valence-corrected chi connectivity index (χ4v) is 2.71. The molecule has 1 amide bonds. The van der Waals surface area contributed by atoms with Crippen LogP contribution in [-0.4, -0.2) is 20.7 Å². The standard InChI is InChI=1S/C14H14N4OS/c1-18-11(6-7-16-18)3-5-14(19)17-10-2-4-13-12(8-10)15-9-20-13/h2,4,6-9H,3,5H2,1H3,(H,17,19). The molecule has 0 aliphatic heterocycles. The third-order valence-corrected chi connectivity index (χ3v) is 3.95. The van der Waals surface area contributed by atoms with E-state index in [1.54, 1.807) is 27.7 Å². The van der Waals surface area contributed by atoms with Crippen molar-refractivity contribution in [1.29, 1.82) is 0 Å². The van der Waals surface area contributed by atoms with Gasteiger partial charge in [-0.05, 0) is 30.7 Å². The van der Waals surface area contributed by atoms with Crippen molar-refractivity contribution in [3.63, 3.8) is 0 Å². The van der Waals surface area contributed by atoms with Gasteiger partial charge in [0, 0.05) is 31.0 Å². The van der Waals surface area contributed by atoms with Crippen molar-refractivity contribution in [2.75, 3.05) is 5.32 Å². The van der Waals surface area contributed by atoms with Crippen LogP contribution in [0.5, 0.6) is 0 Å². The van der Waals surface area contributed by atoms with Gasteiger partial charge in [0.1, 0.15) is 0 Å². The average Bonchev–Trinajstić information content (AvgIpc) is 3.04. The molecule has 0 saturated carbocycles. The molecule has 1 aromatic carbocycles. The first kappa shape index (κ1) is 12.8. The molecule has 2 aromatic heterocycles. The molecule has 6 heteroatoms. The van der Waals surface area contributed by atoms with E-state index in [4.69, 9.17) is 0 Å². The molecule has 0 saturated heterocycles. The lowest BCUT2D eigenvalue weighted by molar-refractivity contribution is -0.116. The van der Waals surface area contributed by atoms with Crippen LogP contribution in [0.25, 0.3) is 10.2 Å². The molecule has 5 nitrogen and oxygen atoms in total. The Labute approximate surface area is 120 Å². The van der Waals surface area contributed by atoms with Gasteiger partial charge in [-0.25, -0.2) is 4.98 Å². The number of amides is 1. The number of fused-ring (bicyclic) bond motifs is 1. The molecule has 2 heterocycles. The number of anilines is 1. The van der Waals surface area contributed by atoms with E-state index in [9.17, 15) is 4.79 Å². The quantitative estimate of drug-likeness (QED) is 0.802. The highest BCUT2D eigenvalue weighted by Crippen LogP contribution is 2.21. The van der Waals surface area contributed by atoms with Gasteiger partial charge >= 0.3 is 0 Å². The third kappa shape index (κ3) is 2.70. The molecule has 102 valence electrons. The van der Waals surface area contributed by atoms with Crippen LogP contribution in [-0.2, 0) is 18.3 Å². The molecule has 0 spiro atoms. The Morgan fingerprint density at radius 3 is 3.10 bits per heavy atom. The van der Waals surface area contributed by atoms with Gasteiger partial charge in [-0.15, -0.1) is 11.3 Å². The van der Waals surface area contributed by atoms with Gasteiger partial charge in [-0.1, -0.05) is 0 Å². The van der Waals surface area contributed by atoms with Crippen LogP contribution in [0.4, 0.5) is 5.69 Å². The molecule has 0 aliphatic carbocycles. The highest BCUT2D eigenvalue weighted by molar-refractivity contribution is 7.16. The highest BCUT2D eigenvalue weighted by Gasteiger charge is 2.06. The molecule has 0 radical (unpaired) electrons. The van der Waals surface area contributed by atoms with Crippen molar-refractivity contribution in [2.45, 2.75) is 12.8 Å². The minimum absolute atomic E-state index is 0.000722. The number of hydrogen-bond acceptors (Lipinski definition) is 4. The maximum absolute atomic E-state index is 11.9. The summed E-state index contributed by atoms with van der Waals surface area (Å²) in [4.78, 5) is 16.2. The van der Waals surface area contributed by atoms with Crippen molar-refractivity contribution in [2.24, 2.45) is 7.05 Å². The zero-order chi connectivity index (χ0) is 13.9. The number of benzene rings is 1. The second-order valence-corrected chi connectivity index (χ2v) is 5.42. The van der Waals surface area contributed by atoms with E-state index in [0.29, 0.717) is 12.8 Å². The number of thiazole rings is 1. The van der Waals surface area contributed by atoms with Crippen LogP contribution in [0.2, 0.25) is 0 Å². The summed E-state index contributed by atoms with van der Waals surface area (Å²) < 4.78 is 2.91. The molecule has 0 aliphatic rings. The van der Waals surface area contributed by atoms with Gasteiger partial charge in [0.15, 0.2) is 0 Å². The Hall–Kier alpha value is -2.21. The lowest BCUT2D eigenvalue weighted by atomic mass is 10.2. The highest BCUT2D eigenvalue weighted by atomic mass is 32.1. The number of nitrogens with zero attached hydrogens (tertiary/aromatic N) is 3. The summed E-state index contributed by atoms with van der Waals surface area (Å²) in [5.74, 6) is 0.000722. The van der Waals surface area contributed by atoms with E-state index >= 15 is 0 Å². The van der Waals surface area contributed by atoms with E-state index in [0.717, 1.165) is 21.6 Å². The molecule has 0 fully saturated rings. The molecular formula is C14H14N4OS. The molecule has 20 heavy (non-hydrogen) atoms. The van der Waals surface area contributed by atoms with Gasteiger partial charge in [-0.2, -0.15) is 5.10 Å². The van der Waals surface area contributed by atoms with Crippen LogP contribution in [0.1, 0.15) is 12.1 Å². The van der Waals surface area contributed by atoms with E-state index in [2.05, 4.69) is 15.4 Å². The zero-order valence-electron chi connectivity index (χ0n) is 11.0. The maximum atomic E-state index is 11.9. The van der Waals surface area contributed by atoms with Crippen molar-refractivity contribution in [1.82, 2.24) is 14.8 Å². The Morgan fingerprint density at radius 1 is 1.40 bits per heavy atom. The van der Waals surface area contributed by atoms with Crippen molar-refractivity contribution < 1.29 is 4.79 Å². The summed E-state index contributed by atoms with van der Waals surface area (Å²) in [5, 5.41) is 6.99. The van der Waals surface area contributed by atoms with E-state index in [1.165, 1.54) is 0 Å². The summed E-state index contributed by atoms with van der Waals surface area (Å²) in [7, 11) is 1.88. The van der Waals surface area contributed by atoms with Gasteiger partial charge in [0.05, 0.1) is 15.7 Å². The van der Waals surface area contributed by atoms with Gasteiger partial charge < -0.3 is 5.32 Å². The molecule has 0 unspecified atom stereocenters. The summed E-state index contributed by atoms with van der Waals surface area (Å²) in [6.45, 7) is 0. The zero-order valence-corrected chi connectivity index (χ0v) is 11.9. The van der Waals surface area contributed by atoms with Crippen LogP contribution < -0.4 is 5.32 Å². The first-order chi connectivity index (χ1) is 9.72. The van der Waals surface area contributed by atoms with Crippen LogP contribution in [0.15, 0.2) is 36.0 Å². The molecule has 0 bridgehead atoms. The second kappa shape index (κ2) is 5.42. The van der Waals surface area contributed by atoms with Crippen LogP contribution in [0, 0.1) is 0 Å². The lowest BCUT2D eigenvalue weighted by Gasteiger charge is -2.05. The van der Waals surface area contributed by atoms with Gasteiger partial charge in [0.2, 0.25) is 5.91 Å². The first-order valence-corrected chi connectivity index (χ1v) is 7.20. The number of aryl methyl sites for hydroxylation is 2. The second-order valence-electron chi connectivity index (χ2n) is 4.53. The lowest BCUT2D eigenvalue weighted by Crippen LogP contribution is -2.13. The SMILES string of the molecule is Cn1nccc1CCC(=O)Nc1ccc2scnc2c1. The number of carbonyl (C=O) groups is 1. The Bertz CT molecular complexity index is 746. The molecule has 0 atom stereocenters. The van der Waals surface area contributed by atoms with Crippen molar-refractivity contribution >= 4 is 33.1 Å². The Morgan fingerprint density at radius 2 is 2.30 bits per heavy atom. The van der Waals surface area contributed by atoms with Crippen molar-refractivity contribution in [3.05, 3.63) is 41.7 Å². The first-order valence-electron chi connectivity index (χ1n) is 6.32. The van der Waals surface area contributed by atoms with Crippen LogP contribution >= 0.6 is 11.3 Å². The summed E-state index contributed by atoms with van der Waals surface area (Å²) in [6, 6.07) is 7.70. The summed E-state index contributed by atoms with van der Waals surface area (Å²) in [5.41, 5.74) is 4.56. The van der Waals surface area contributed by atoms with E-state index in [-0.39, 0.29) is 5.91 Å².